The van der Waals surface area contributed by atoms with Crippen molar-refractivity contribution in [2.24, 2.45) is 5.50 Å². The fourth-order valence-electron chi connectivity index (χ4n) is 2.54. The van der Waals surface area contributed by atoms with Crippen LogP contribution in [0, 0.1) is 0 Å². The van der Waals surface area contributed by atoms with E-state index in [1.807, 2.05) is 4.98 Å². The lowest BCUT2D eigenvalue weighted by Gasteiger charge is -2.31. The van der Waals surface area contributed by atoms with E-state index in [-0.39, 0.29) is 0 Å². The number of ether oxygens (including phenoxy) is 1. The van der Waals surface area contributed by atoms with Crippen molar-refractivity contribution >= 4 is 14.4 Å². The molecule has 158 valence electrons. The fraction of sp³-hybridized carbons (Fsp3) is 0.583. The summed E-state index contributed by atoms with van der Waals surface area (Å²) in [5.74, 6) is -2.40. The predicted octanol–water partition coefficient (Wildman–Crippen LogP) is -2.60. The number of amides is 1. The molecule has 1 aromatic heterocycles. The van der Waals surface area contributed by atoms with Crippen molar-refractivity contribution in [1.82, 2.24) is 14.9 Å². The SMILES string of the molecule is NP(O)OC[C@H]1O[C@@H](n2ccc(=O)[nH]c2=O)[C@@](O)(CNC(=O)C(F)(F)F)[C@@H]1O. The molecular weight excluding hydrogens is 416 g/mol. The van der Waals surface area contributed by atoms with Crippen LogP contribution in [0.2, 0.25) is 0 Å². The molecule has 0 aliphatic carbocycles. The van der Waals surface area contributed by atoms with Crippen LogP contribution in [0.15, 0.2) is 21.9 Å². The van der Waals surface area contributed by atoms with Gasteiger partial charge in [-0.1, -0.05) is 0 Å². The van der Waals surface area contributed by atoms with E-state index >= 15 is 0 Å². The minimum atomic E-state index is -5.26. The molecule has 1 aliphatic rings. The number of H-pyrrole nitrogens is 1. The molecular formula is C12H16F3N4O8P. The van der Waals surface area contributed by atoms with Gasteiger partial charge in [-0.2, -0.15) is 13.2 Å². The molecule has 0 spiro atoms. The molecule has 7 N–H and O–H groups in total. The molecule has 2 rings (SSSR count). The first-order chi connectivity index (χ1) is 12.9. The molecule has 0 radical (unpaired) electrons. The number of aromatic nitrogens is 2. The zero-order chi connectivity index (χ0) is 21.3. The number of halogens is 3. The molecule has 1 unspecified atom stereocenters. The summed E-state index contributed by atoms with van der Waals surface area (Å²) in [6.45, 7) is -1.76. The molecule has 5 atom stereocenters. The lowest BCUT2D eigenvalue weighted by Crippen LogP contribution is -2.57. The number of rotatable bonds is 6. The highest BCUT2D eigenvalue weighted by atomic mass is 31.2. The largest absolute Gasteiger partial charge is 0.471 e. The zero-order valence-electron chi connectivity index (χ0n) is 13.8. The second-order valence-corrected chi connectivity index (χ2v) is 6.62. The van der Waals surface area contributed by atoms with E-state index in [0.717, 1.165) is 12.3 Å². The van der Waals surface area contributed by atoms with Crippen LogP contribution in [0.1, 0.15) is 6.23 Å². The molecule has 0 saturated carbocycles. The van der Waals surface area contributed by atoms with Gasteiger partial charge in [0.05, 0.1) is 13.2 Å². The minimum absolute atomic E-state index is 0.593. The number of aliphatic hydroxyl groups is 2. The van der Waals surface area contributed by atoms with Crippen LogP contribution in [0.4, 0.5) is 13.2 Å². The highest BCUT2D eigenvalue weighted by molar-refractivity contribution is 7.43. The number of aromatic amines is 1. The molecule has 2 heterocycles. The van der Waals surface area contributed by atoms with Crippen LogP contribution >= 0.6 is 8.53 Å². The molecule has 0 aromatic carbocycles. The molecule has 1 saturated heterocycles. The third-order valence-corrected chi connectivity index (χ3v) is 4.27. The normalized spacial score (nSPS) is 28.9. The molecule has 1 fully saturated rings. The van der Waals surface area contributed by atoms with Crippen molar-refractivity contribution < 1.29 is 42.3 Å². The Bertz CT molecular complexity index is 830. The van der Waals surface area contributed by atoms with Gasteiger partial charge in [0.2, 0.25) is 8.53 Å². The number of nitrogens with one attached hydrogen (secondary N) is 2. The second-order valence-electron chi connectivity index (χ2n) is 5.76. The number of hydrogen-bond donors (Lipinski definition) is 6. The maximum absolute atomic E-state index is 12.4. The Kier molecular flexibility index (Phi) is 6.60. The summed E-state index contributed by atoms with van der Waals surface area (Å²) in [7, 11) is -2.39. The van der Waals surface area contributed by atoms with Gasteiger partial charge in [-0.3, -0.25) is 24.6 Å². The van der Waals surface area contributed by atoms with Gasteiger partial charge in [0, 0.05) is 12.3 Å². The standard InChI is InChI=1S/C12H16F3N4O8P/c13-12(14,15)8(22)17-4-11(24)7(21)5(3-26-28(16)25)27-9(11)19-2-1-6(20)18-10(19)23/h1-2,5,7,9,21,24-25H,3-4,16H2,(H,17,22)(H,18,20,23)/t5-,7-,9-,11-,28?/m1/s1. The number of carbonyl (C=O) groups excluding carboxylic acids is 1. The molecule has 1 amide bonds. The van der Waals surface area contributed by atoms with E-state index in [9.17, 15) is 37.8 Å². The van der Waals surface area contributed by atoms with Crippen LogP contribution in [0.3, 0.4) is 0 Å². The smallest absolute Gasteiger partial charge is 0.387 e. The molecule has 12 nitrogen and oxygen atoms in total. The van der Waals surface area contributed by atoms with Crippen molar-refractivity contribution in [3.8, 4) is 0 Å². The molecule has 16 heteroatoms. The van der Waals surface area contributed by atoms with Crippen LogP contribution in [-0.2, 0) is 14.1 Å². The molecule has 28 heavy (non-hydrogen) atoms. The lowest BCUT2D eigenvalue weighted by molar-refractivity contribution is -0.176. The predicted molar refractivity (Wildman–Crippen MR) is 84.5 cm³/mol. The van der Waals surface area contributed by atoms with Crippen molar-refractivity contribution in [2.75, 3.05) is 13.2 Å². The number of alkyl halides is 3. The fourth-order valence-corrected chi connectivity index (χ4v) is 2.84. The Labute approximate surface area is 154 Å². The first-order valence-electron chi connectivity index (χ1n) is 7.45. The van der Waals surface area contributed by atoms with Gasteiger partial charge >= 0.3 is 17.8 Å². The molecule has 1 aromatic rings. The topological polar surface area (TPSA) is 189 Å². The second kappa shape index (κ2) is 8.24. The van der Waals surface area contributed by atoms with Gasteiger partial charge < -0.3 is 29.7 Å². The summed E-state index contributed by atoms with van der Waals surface area (Å²) in [4.78, 5) is 45.1. The van der Waals surface area contributed by atoms with E-state index in [0.29, 0.717) is 4.57 Å². The maximum atomic E-state index is 12.4. The third-order valence-electron chi connectivity index (χ3n) is 3.86. The minimum Gasteiger partial charge on any atom is -0.387 e. The highest BCUT2D eigenvalue weighted by Crippen LogP contribution is 2.38. The zero-order valence-corrected chi connectivity index (χ0v) is 14.7. The summed E-state index contributed by atoms with van der Waals surface area (Å²) in [5, 5.41) is 22.5. The van der Waals surface area contributed by atoms with Gasteiger partial charge in [-0.15, -0.1) is 0 Å². The lowest BCUT2D eigenvalue weighted by atomic mass is 9.93. The first kappa shape index (κ1) is 22.4. The number of nitrogens with zero attached hydrogens (tertiary/aromatic N) is 1. The van der Waals surface area contributed by atoms with Crippen LogP contribution < -0.4 is 22.1 Å². The summed E-state index contributed by atoms with van der Waals surface area (Å²) < 4.78 is 47.8. The van der Waals surface area contributed by atoms with Crippen LogP contribution in [0.25, 0.3) is 0 Å². The maximum Gasteiger partial charge on any atom is 0.471 e. The Morgan fingerprint density at radius 3 is 2.68 bits per heavy atom. The van der Waals surface area contributed by atoms with Crippen molar-refractivity contribution in [2.45, 2.75) is 30.2 Å². The summed E-state index contributed by atoms with van der Waals surface area (Å²) in [6, 6.07) is 0.864. The van der Waals surface area contributed by atoms with Crippen LogP contribution in [0.5, 0.6) is 0 Å². The average molecular weight is 432 g/mol. The average Bonchev–Trinajstić information content (AvgIpc) is 2.82. The van der Waals surface area contributed by atoms with Gasteiger partial charge in [-0.25, -0.2) is 4.79 Å². The number of carbonyl (C=O) groups is 1. The van der Waals surface area contributed by atoms with E-state index in [4.69, 9.17) is 19.7 Å². The quantitative estimate of drug-likeness (QED) is 0.262. The van der Waals surface area contributed by atoms with Gasteiger partial charge in [0.25, 0.3) is 5.56 Å². The highest BCUT2D eigenvalue weighted by Gasteiger charge is 2.57. The Morgan fingerprint density at radius 2 is 2.14 bits per heavy atom. The summed E-state index contributed by atoms with van der Waals surface area (Å²) >= 11 is 0. The molecule has 1 aliphatic heterocycles. The first-order valence-corrected chi connectivity index (χ1v) is 8.73. The van der Waals surface area contributed by atoms with Crippen molar-refractivity contribution in [3.05, 3.63) is 33.1 Å². The Hall–Kier alpha value is -1.87. The third kappa shape index (κ3) is 4.75. The number of hydrogen-bond acceptors (Lipinski definition) is 9. The summed E-state index contributed by atoms with van der Waals surface area (Å²) in [5.41, 5.74) is 0.498. The van der Waals surface area contributed by atoms with Gasteiger partial charge in [0.1, 0.15) is 12.2 Å². The van der Waals surface area contributed by atoms with Crippen LogP contribution in [-0.4, -0.2) is 67.7 Å². The van der Waals surface area contributed by atoms with E-state index < -0.39 is 69.0 Å². The number of aliphatic hydroxyl groups excluding tert-OH is 1. The number of nitrogens with two attached hydrogens (primary N) is 1. The summed E-state index contributed by atoms with van der Waals surface area (Å²) in [6.07, 6.45) is -9.63. The van der Waals surface area contributed by atoms with E-state index in [1.54, 1.807) is 0 Å². The van der Waals surface area contributed by atoms with E-state index in [1.165, 1.54) is 5.32 Å². The van der Waals surface area contributed by atoms with E-state index in [2.05, 4.69) is 0 Å². The molecule has 0 bridgehead atoms. The Morgan fingerprint density at radius 1 is 1.50 bits per heavy atom. The monoisotopic (exact) mass is 432 g/mol. The van der Waals surface area contributed by atoms with Gasteiger partial charge in [-0.05, 0) is 0 Å². The van der Waals surface area contributed by atoms with Crippen molar-refractivity contribution in [3.63, 3.8) is 0 Å². The van der Waals surface area contributed by atoms with Gasteiger partial charge in [0.15, 0.2) is 11.8 Å². The Balaban J connectivity index is 2.36. The van der Waals surface area contributed by atoms with Crippen molar-refractivity contribution in [1.29, 1.82) is 0 Å².